The molecule has 0 fully saturated rings. The Bertz CT molecular complexity index is 614. The number of nitrogens with one attached hydrogen (secondary N) is 1. The molecule has 0 aromatic carbocycles. The van der Waals surface area contributed by atoms with Crippen molar-refractivity contribution in [3.8, 4) is 0 Å². The molecule has 8 heteroatoms. The highest BCUT2D eigenvalue weighted by molar-refractivity contribution is 5.09. The standard InChI is InChI=1S/C7H10N5.C7H11N3/c1-5(11-12-8)7-3-9-6(2)10-4-7;1-5(8)7-3-9-6(2)10-4-7/h3-5,8H,1-2H3;3-5H,8H2,1-2H3/q+1;. The minimum Gasteiger partial charge on any atom is -0.324 e. The van der Waals surface area contributed by atoms with Gasteiger partial charge in [-0.15, -0.1) is 0 Å². The Balaban J connectivity index is 0.000000224. The molecule has 2 heterocycles. The second kappa shape index (κ2) is 8.66. The smallest absolute Gasteiger partial charge is 0.214 e. The monoisotopic (exact) mass is 301 g/mol. The lowest BCUT2D eigenvalue weighted by Crippen LogP contribution is -2.06. The summed E-state index contributed by atoms with van der Waals surface area (Å²) in [7, 11) is 0. The highest BCUT2D eigenvalue weighted by Gasteiger charge is 2.08. The van der Waals surface area contributed by atoms with Gasteiger partial charge >= 0.3 is 0 Å². The molecule has 2 unspecified atom stereocenters. The molecular weight excluding hydrogens is 280 g/mol. The van der Waals surface area contributed by atoms with E-state index < -0.39 is 0 Å². The van der Waals surface area contributed by atoms with Gasteiger partial charge in [-0.3, -0.25) is 0 Å². The average Bonchev–Trinajstić information content (AvgIpc) is 2.49. The third kappa shape index (κ3) is 5.82. The molecule has 22 heavy (non-hydrogen) atoms. The van der Waals surface area contributed by atoms with Crippen LogP contribution in [0.2, 0.25) is 0 Å². The van der Waals surface area contributed by atoms with Crippen molar-refractivity contribution in [1.82, 2.24) is 24.8 Å². The molecule has 2 aromatic rings. The maximum Gasteiger partial charge on any atom is 0.214 e. The Morgan fingerprint density at radius 3 is 1.73 bits per heavy atom. The Morgan fingerprint density at radius 1 is 0.955 bits per heavy atom. The highest BCUT2D eigenvalue weighted by Crippen LogP contribution is 2.12. The van der Waals surface area contributed by atoms with Crippen LogP contribution in [-0.4, -0.2) is 19.9 Å². The van der Waals surface area contributed by atoms with Gasteiger partial charge in [0.25, 0.3) is 0 Å². The number of rotatable bonds is 3. The largest absolute Gasteiger partial charge is 0.324 e. The van der Waals surface area contributed by atoms with E-state index in [9.17, 15) is 0 Å². The van der Waals surface area contributed by atoms with Crippen molar-refractivity contribution in [2.45, 2.75) is 39.8 Å². The topological polar surface area (TPSA) is 128 Å². The van der Waals surface area contributed by atoms with Crippen LogP contribution in [0.3, 0.4) is 0 Å². The van der Waals surface area contributed by atoms with Crippen molar-refractivity contribution in [2.75, 3.05) is 0 Å². The van der Waals surface area contributed by atoms with Crippen LogP contribution in [0, 0.1) is 19.4 Å². The van der Waals surface area contributed by atoms with Crippen LogP contribution in [0.15, 0.2) is 29.9 Å². The van der Waals surface area contributed by atoms with Crippen LogP contribution in [0.5, 0.6) is 0 Å². The molecule has 116 valence electrons. The minimum atomic E-state index is -0.136. The lowest BCUT2D eigenvalue weighted by Gasteiger charge is -2.02. The molecular formula is C14H21N8+. The molecule has 3 N–H and O–H groups in total. The summed E-state index contributed by atoms with van der Waals surface area (Å²) in [5.41, 5.74) is 14.0. The fraction of sp³-hybridized carbons (Fsp3) is 0.429. The van der Waals surface area contributed by atoms with E-state index >= 15 is 0 Å². The lowest BCUT2D eigenvalue weighted by atomic mass is 10.2. The molecule has 0 radical (unpaired) electrons. The minimum absolute atomic E-state index is 0.0283. The quantitative estimate of drug-likeness (QED) is 0.663. The summed E-state index contributed by atoms with van der Waals surface area (Å²) >= 11 is 0. The molecule has 0 aliphatic heterocycles. The van der Waals surface area contributed by atoms with E-state index in [1.807, 2.05) is 27.7 Å². The van der Waals surface area contributed by atoms with Gasteiger partial charge in [-0.1, -0.05) is 0 Å². The predicted molar refractivity (Wildman–Crippen MR) is 81.8 cm³/mol. The molecule has 2 atom stereocenters. The highest BCUT2D eigenvalue weighted by atomic mass is 15.1. The van der Waals surface area contributed by atoms with Crippen molar-refractivity contribution in [3.63, 3.8) is 0 Å². The van der Waals surface area contributed by atoms with Gasteiger partial charge in [-0.25, -0.2) is 19.9 Å². The maximum atomic E-state index is 6.54. The molecule has 0 spiro atoms. The van der Waals surface area contributed by atoms with E-state index in [2.05, 4.69) is 30.0 Å². The van der Waals surface area contributed by atoms with Crippen LogP contribution in [0.25, 0.3) is 0 Å². The van der Waals surface area contributed by atoms with Crippen LogP contribution in [0.4, 0.5) is 0 Å². The maximum absolute atomic E-state index is 6.54. The second-order valence-electron chi connectivity index (χ2n) is 4.81. The normalized spacial score (nSPS) is 12.4. The van der Waals surface area contributed by atoms with Crippen LogP contribution >= 0.6 is 0 Å². The van der Waals surface area contributed by atoms with Crippen molar-refractivity contribution < 1.29 is 0 Å². The summed E-state index contributed by atoms with van der Waals surface area (Å²) < 4.78 is 0. The average molecular weight is 301 g/mol. The zero-order valence-electron chi connectivity index (χ0n) is 13.2. The van der Waals surface area contributed by atoms with Gasteiger partial charge in [-0.2, -0.15) is 0 Å². The van der Waals surface area contributed by atoms with Gasteiger partial charge in [0.2, 0.25) is 4.91 Å². The zero-order valence-corrected chi connectivity index (χ0v) is 13.2. The van der Waals surface area contributed by atoms with Gasteiger partial charge in [0, 0.05) is 42.0 Å². The fourth-order valence-corrected chi connectivity index (χ4v) is 1.41. The Morgan fingerprint density at radius 2 is 1.36 bits per heavy atom. The van der Waals surface area contributed by atoms with Crippen molar-refractivity contribution >= 4 is 0 Å². The van der Waals surface area contributed by atoms with Gasteiger partial charge < -0.3 is 5.73 Å². The Kier molecular flexibility index (Phi) is 6.88. The molecule has 2 aromatic heterocycles. The molecule has 8 nitrogen and oxygen atoms in total. The number of hydrogen-bond acceptors (Lipinski definition) is 7. The summed E-state index contributed by atoms with van der Waals surface area (Å²) in [6.45, 7) is 7.42. The van der Waals surface area contributed by atoms with Gasteiger partial charge in [0.1, 0.15) is 22.3 Å². The number of aryl methyl sites for hydroxylation is 2. The third-order valence-electron chi connectivity index (χ3n) is 2.84. The molecule has 0 saturated heterocycles. The van der Waals surface area contributed by atoms with Gasteiger partial charge in [0.15, 0.2) is 6.04 Å². The molecule has 0 saturated carbocycles. The third-order valence-corrected chi connectivity index (χ3v) is 2.84. The van der Waals surface area contributed by atoms with Crippen LogP contribution < -0.4 is 10.6 Å². The fourth-order valence-electron chi connectivity index (χ4n) is 1.41. The van der Waals surface area contributed by atoms with Crippen LogP contribution in [0.1, 0.15) is 48.7 Å². The van der Waals surface area contributed by atoms with E-state index in [0.29, 0.717) is 0 Å². The summed E-state index contributed by atoms with van der Waals surface area (Å²) in [4.78, 5) is 19.0. The van der Waals surface area contributed by atoms with E-state index in [-0.39, 0.29) is 12.1 Å². The van der Waals surface area contributed by atoms with Crippen molar-refractivity contribution in [2.24, 2.45) is 10.8 Å². The first-order valence-corrected chi connectivity index (χ1v) is 6.83. The first-order valence-electron chi connectivity index (χ1n) is 6.83. The van der Waals surface area contributed by atoms with Crippen molar-refractivity contribution in [3.05, 3.63) is 47.6 Å². The number of nitrogens with zero attached hydrogens (tertiary/aromatic N) is 6. The molecule has 0 aliphatic rings. The zero-order chi connectivity index (χ0) is 16.5. The SMILES string of the molecule is Cc1ncc(C(C)N)cn1.Cc1ncc(C(C)N=[N+]=N)cn1. The summed E-state index contributed by atoms with van der Waals surface area (Å²) in [6, 6.07) is -0.108. The first kappa shape index (κ1) is 17.5. The van der Waals surface area contributed by atoms with E-state index in [0.717, 1.165) is 22.8 Å². The Labute approximate surface area is 129 Å². The summed E-state index contributed by atoms with van der Waals surface area (Å²) in [6.07, 6.45) is 6.91. The van der Waals surface area contributed by atoms with E-state index in [1.165, 1.54) is 0 Å². The van der Waals surface area contributed by atoms with E-state index in [4.69, 9.17) is 11.3 Å². The number of nitrogens with two attached hydrogens (primary N) is 1. The number of aromatic nitrogens is 4. The molecule has 0 aliphatic carbocycles. The van der Waals surface area contributed by atoms with E-state index in [1.54, 1.807) is 24.8 Å². The van der Waals surface area contributed by atoms with Gasteiger partial charge in [-0.05, 0) is 27.7 Å². The summed E-state index contributed by atoms with van der Waals surface area (Å²) in [5.74, 6) is 1.51. The van der Waals surface area contributed by atoms with Crippen LogP contribution in [-0.2, 0) is 0 Å². The second-order valence-corrected chi connectivity index (χ2v) is 4.81. The molecule has 0 amide bonds. The summed E-state index contributed by atoms with van der Waals surface area (Å²) in [5, 5.41) is 3.64. The lowest BCUT2D eigenvalue weighted by molar-refractivity contribution is 0.710. The van der Waals surface area contributed by atoms with Gasteiger partial charge in [0.05, 0.1) is 0 Å². The number of hydrogen-bond donors (Lipinski definition) is 2. The Hall–Kier alpha value is -2.57. The van der Waals surface area contributed by atoms with Crippen molar-refractivity contribution in [1.29, 1.82) is 5.53 Å². The molecule has 2 rings (SSSR count). The first-order chi connectivity index (χ1) is 10.4. The predicted octanol–water partition coefficient (Wildman–Crippen LogP) is 2.20. The molecule has 0 bridgehead atoms.